The maximum absolute atomic E-state index is 13.0. The number of hydrogen-bond acceptors (Lipinski definition) is 11. The molecule has 5 amide bonds. The number of hydrogen-bond donors (Lipinski definition) is 4. The predicted molar refractivity (Wildman–Crippen MR) is 110 cm³/mol. The summed E-state index contributed by atoms with van der Waals surface area (Å²) in [5.74, 6) is -2.65. The van der Waals surface area contributed by atoms with Gasteiger partial charge in [-0.2, -0.15) is 0 Å². The van der Waals surface area contributed by atoms with Gasteiger partial charge in [-0.05, 0) is 12.8 Å². The van der Waals surface area contributed by atoms with Crippen LogP contribution >= 0.6 is 7.82 Å². The summed E-state index contributed by atoms with van der Waals surface area (Å²) in [6.45, 7) is 0.300. The van der Waals surface area contributed by atoms with Gasteiger partial charge in [0.15, 0.2) is 0 Å². The minimum Gasteiger partial charge on any atom is -0.861 e. The molecule has 0 aromatic carbocycles. The van der Waals surface area contributed by atoms with E-state index in [4.69, 9.17) is 18.5 Å². The van der Waals surface area contributed by atoms with Gasteiger partial charge in [0.05, 0.1) is 36.8 Å². The third kappa shape index (κ3) is 3.23. The summed E-state index contributed by atoms with van der Waals surface area (Å²) in [5.41, 5.74) is -1.47. The number of carbonyl (C=O) groups excluding carboxylic acids is 3. The number of ether oxygens (including phenoxy) is 2. The molecule has 16 nitrogen and oxygen atoms in total. The highest BCUT2D eigenvalue weighted by Gasteiger charge is 2.74. The van der Waals surface area contributed by atoms with Crippen LogP contribution in [0.5, 0.6) is 0 Å². The second-order valence-electron chi connectivity index (χ2n) is 9.89. The van der Waals surface area contributed by atoms with Crippen LogP contribution in [-0.2, 0) is 27.9 Å². The van der Waals surface area contributed by atoms with E-state index in [1.165, 1.54) is 11.8 Å². The molecule has 5 fully saturated rings. The number of imide groups is 1. The Labute approximate surface area is 203 Å². The van der Waals surface area contributed by atoms with Crippen molar-refractivity contribution in [2.45, 2.75) is 68.7 Å². The molecular weight excluding hydrogens is 507 g/mol. The molecule has 1 aliphatic carbocycles. The molecule has 0 spiro atoms. The summed E-state index contributed by atoms with van der Waals surface area (Å²) in [7, 11) is -4.74. The first-order valence-corrected chi connectivity index (χ1v) is 12.9. The number of aliphatic hydroxyl groups excluding tert-OH is 2. The number of urea groups is 2. The van der Waals surface area contributed by atoms with Gasteiger partial charge in [0.1, 0.15) is 30.8 Å². The summed E-state index contributed by atoms with van der Waals surface area (Å²) < 4.78 is 34.4. The van der Waals surface area contributed by atoms with Crippen molar-refractivity contribution in [3.05, 3.63) is 0 Å². The number of aliphatic imine (C=N–C) groups is 1. The normalized spacial score (nSPS) is 50.2. The molecule has 11 atom stereocenters. The Bertz CT molecular complexity index is 1100. The van der Waals surface area contributed by atoms with Crippen LogP contribution in [0.3, 0.4) is 0 Å². The SMILES string of the molecule is C[C@]12C(=O)NC(=O)N3[C@H]1[C@H]1[C@@H]2C([O-])=NC(=O)N1[C@H]1CC(OP(=O)(O)OC[C@@H]2O[C@@H]3CC2O)[C@H](CO)O1. The quantitative estimate of drug-likeness (QED) is 0.252. The molecule has 4 saturated heterocycles. The summed E-state index contributed by atoms with van der Waals surface area (Å²) in [6.07, 6.45) is -7.25. The van der Waals surface area contributed by atoms with Crippen molar-refractivity contribution in [1.82, 2.24) is 15.1 Å². The lowest BCUT2D eigenvalue weighted by Crippen LogP contribution is -2.87. The molecule has 17 heteroatoms. The number of rotatable bonds is 1. The summed E-state index contributed by atoms with van der Waals surface area (Å²) in [5, 5.41) is 35.4. The summed E-state index contributed by atoms with van der Waals surface area (Å²) in [6, 6.07) is -3.91. The molecule has 4 bridgehead atoms. The minimum absolute atomic E-state index is 0.127. The standard InChI is InChI=1S/C19H25N4O12P/c1-19-12-13-14(19)23(18(29)21-16(19)27)10-2-6(25)9(34-10)5-32-36(30,31)35-7-3-11(33-8(7)4-24)22(13)17(28)20-15(12)26/h6-14,24-25H,2-5H2,1H3,(H,30,31)(H,20,26,28)(H,21,27,29)/p-1/t6?,7?,8-,9-,10+,11+,12+,13+,14-,19+/m0/s1. The number of nitrogens with one attached hydrogen (secondary N) is 1. The molecule has 4 N–H and O–H groups in total. The van der Waals surface area contributed by atoms with Gasteiger partial charge < -0.3 is 29.7 Å². The molecule has 5 aliphatic heterocycles. The van der Waals surface area contributed by atoms with Crippen LogP contribution in [0.15, 0.2) is 4.99 Å². The first-order valence-electron chi connectivity index (χ1n) is 11.4. The number of fused-ring (bicyclic) bond motifs is 7. The molecule has 0 aromatic rings. The van der Waals surface area contributed by atoms with E-state index in [9.17, 15) is 39.2 Å². The summed E-state index contributed by atoms with van der Waals surface area (Å²) in [4.78, 5) is 55.2. The van der Waals surface area contributed by atoms with E-state index in [0.717, 1.165) is 4.90 Å². The number of aliphatic hydroxyl groups is 2. The van der Waals surface area contributed by atoms with E-state index in [-0.39, 0.29) is 12.8 Å². The number of carbonyl (C=O) groups is 3. The van der Waals surface area contributed by atoms with Gasteiger partial charge in [-0.15, -0.1) is 0 Å². The fourth-order valence-electron chi connectivity index (χ4n) is 6.35. The van der Waals surface area contributed by atoms with Crippen LogP contribution in [0.1, 0.15) is 19.8 Å². The van der Waals surface area contributed by atoms with E-state index in [1.807, 2.05) is 0 Å². The van der Waals surface area contributed by atoms with Gasteiger partial charge in [-0.3, -0.25) is 29.0 Å². The van der Waals surface area contributed by atoms with Crippen molar-refractivity contribution in [3.8, 4) is 0 Å². The average Bonchev–Trinajstić information content (AvgIpc) is 3.35. The molecular formula is C19H24N4O12P-. The molecule has 36 heavy (non-hydrogen) atoms. The zero-order valence-corrected chi connectivity index (χ0v) is 19.7. The Balaban J connectivity index is 1.47. The van der Waals surface area contributed by atoms with Gasteiger partial charge in [0, 0.05) is 18.8 Å². The lowest BCUT2D eigenvalue weighted by Gasteiger charge is -2.68. The maximum Gasteiger partial charge on any atom is 0.472 e. The van der Waals surface area contributed by atoms with Gasteiger partial charge in [-0.25, -0.2) is 19.1 Å². The highest BCUT2D eigenvalue weighted by molar-refractivity contribution is 7.47. The Hall–Kier alpha value is -2.17. The highest BCUT2D eigenvalue weighted by Crippen LogP contribution is 2.57. The van der Waals surface area contributed by atoms with Crippen molar-refractivity contribution in [3.63, 3.8) is 0 Å². The van der Waals surface area contributed by atoms with Crippen molar-refractivity contribution < 1.29 is 57.7 Å². The monoisotopic (exact) mass is 531 g/mol. The van der Waals surface area contributed by atoms with E-state index in [0.29, 0.717) is 0 Å². The molecule has 5 heterocycles. The Morgan fingerprint density at radius 1 is 1.19 bits per heavy atom. The largest absolute Gasteiger partial charge is 0.861 e. The molecule has 0 radical (unpaired) electrons. The summed E-state index contributed by atoms with van der Waals surface area (Å²) >= 11 is 0. The van der Waals surface area contributed by atoms with Crippen LogP contribution < -0.4 is 10.4 Å². The zero-order chi connectivity index (χ0) is 25.7. The number of phosphoric acid groups is 1. The Morgan fingerprint density at radius 3 is 2.64 bits per heavy atom. The van der Waals surface area contributed by atoms with Crippen molar-refractivity contribution >= 4 is 31.7 Å². The van der Waals surface area contributed by atoms with Gasteiger partial charge >= 0.3 is 19.9 Å². The van der Waals surface area contributed by atoms with Gasteiger partial charge in [-0.1, -0.05) is 0 Å². The van der Waals surface area contributed by atoms with Crippen LogP contribution in [0, 0.1) is 11.3 Å². The van der Waals surface area contributed by atoms with E-state index in [2.05, 4.69) is 10.3 Å². The van der Waals surface area contributed by atoms with E-state index < -0.39 is 105 Å². The van der Waals surface area contributed by atoms with Gasteiger partial charge in [0.25, 0.3) is 0 Å². The second-order valence-corrected chi connectivity index (χ2v) is 11.3. The minimum atomic E-state index is -4.74. The number of amides is 5. The van der Waals surface area contributed by atoms with E-state index >= 15 is 0 Å². The van der Waals surface area contributed by atoms with E-state index in [1.54, 1.807) is 0 Å². The Kier molecular flexibility index (Phi) is 5.32. The lowest BCUT2D eigenvalue weighted by atomic mass is 9.51. The topological polar surface area (TPSA) is 220 Å². The molecule has 6 aliphatic rings. The molecule has 198 valence electrons. The first kappa shape index (κ1) is 24.2. The average molecular weight is 531 g/mol. The van der Waals surface area contributed by atoms with Crippen LogP contribution in [0.2, 0.25) is 0 Å². The molecule has 0 aromatic heterocycles. The predicted octanol–water partition coefficient (Wildman–Crippen LogP) is -2.80. The Morgan fingerprint density at radius 2 is 1.92 bits per heavy atom. The van der Waals surface area contributed by atoms with Crippen LogP contribution in [0.25, 0.3) is 0 Å². The highest BCUT2D eigenvalue weighted by atomic mass is 31.2. The van der Waals surface area contributed by atoms with Crippen LogP contribution in [-0.4, -0.2) is 111 Å². The fraction of sp³-hybridized carbons (Fsp3) is 0.789. The lowest BCUT2D eigenvalue weighted by molar-refractivity contribution is -0.259. The second kappa shape index (κ2) is 7.91. The first-order chi connectivity index (χ1) is 17.0. The van der Waals surface area contributed by atoms with Crippen molar-refractivity contribution in [1.29, 1.82) is 0 Å². The maximum atomic E-state index is 13.0. The van der Waals surface area contributed by atoms with Gasteiger partial charge in [0.2, 0.25) is 5.91 Å². The van der Waals surface area contributed by atoms with Crippen molar-refractivity contribution in [2.75, 3.05) is 13.2 Å². The van der Waals surface area contributed by atoms with Crippen molar-refractivity contribution in [2.24, 2.45) is 16.3 Å². The number of phosphoric ester groups is 1. The molecule has 1 saturated carbocycles. The third-order valence-electron chi connectivity index (χ3n) is 8.04. The zero-order valence-electron chi connectivity index (χ0n) is 18.8. The molecule has 6 rings (SSSR count). The van der Waals surface area contributed by atoms with Crippen LogP contribution in [0.4, 0.5) is 9.59 Å². The third-order valence-corrected chi connectivity index (χ3v) is 9.05. The fourth-order valence-corrected chi connectivity index (χ4v) is 7.31. The number of nitrogens with zero attached hydrogens (tertiary/aromatic N) is 3. The smallest absolute Gasteiger partial charge is 0.472 e. The molecule has 3 unspecified atom stereocenters.